The maximum Gasteiger partial charge on any atom is 0.166 e. The Morgan fingerprint density at radius 3 is 2.59 bits per heavy atom. The Kier molecular flexibility index (Phi) is 2.86. The number of ether oxygens (including phenoxy) is 2. The van der Waals surface area contributed by atoms with Crippen LogP contribution in [0, 0.1) is 5.82 Å². The molecule has 2 rings (SSSR count). The van der Waals surface area contributed by atoms with Crippen molar-refractivity contribution in [3.63, 3.8) is 0 Å². The second kappa shape index (κ2) is 4.32. The quantitative estimate of drug-likeness (QED) is 0.853. The largest absolute Gasteiger partial charge is 0.496 e. The number of aromatic nitrogens is 2. The predicted molar refractivity (Wildman–Crippen MR) is 61.5 cm³/mol. The highest BCUT2D eigenvalue weighted by Crippen LogP contribution is 2.41. The lowest BCUT2D eigenvalue weighted by Crippen LogP contribution is -1.97. The smallest absolute Gasteiger partial charge is 0.166 e. The molecule has 0 saturated heterocycles. The fourth-order valence-corrected chi connectivity index (χ4v) is 1.66. The number of H-pyrrole nitrogens is 1. The first kappa shape index (κ1) is 11.3. The summed E-state index contributed by atoms with van der Waals surface area (Å²) in [5, 5.41) is 6.38. The first-order valence-corrected chi connectivity index (χ1v) is 4.88. The number of halogens is 1. The Morgan fingerprint density at radius 1 is 1.29 bits per heavy atom. The number of methoxy groups -OCH3 is 2. The molecular formula is C11H12FN3O2. The third-order valence-corrected chi connectivity index (χ3v) is 2.43. The summed E-state index contributed by atoms with van der Waals surface area (Å²) in [4.78, 5) is 0. The molecule has 17 heavy (non-hydrogen) atoms. The van der Waals surface area contributed by atoms with E-state index in [0.717, 1.165) is 0 Å². The van der Waals surface area contributed by atoms with Crippen molar-refractivity contribution >= 4 is 5.82 Å². The summed E-state index contributed by atoms with van der Waals surface area (Å²) < 4.78 is 23.9. The molecule has 1 aromatic heterocycles. The van der Waals surface area contributed by atoms with Crippen LogP contribution < -0.4 is 15.2 Å². The van der Waals surface area contributed by atoms with E-state index in [0.29, 0.717) is 22.7 Å². The van der Waals surface area contributed by atoms with E-state index in [4.69, 9.17) is 15.2 Å². The zero-order valence-corrected chi connectivity index (χ0v) is 9.45. The van der Waals surface area contributed by atoms with Crippen molar-refractivity contribution in [3.05, 3.63) is 24.1 Å². The molecule has 1 aromatic carbocycles. The fraction of sp³-hybridized carbons (Fsp3) is 0.182. The van der Waals surface area contributed by atoms with Gasteiger partial charge in [-0.25, -0.2) is 4.39 Å². The van der Waals surface area contributed by atoms with Crippen molar-refractivity contribution in [3.8, 4) is 22.6 Å². The van der Waals surface area contributed by atoms with E-state index in [2.05, 4.69) is 10.2 Å². The van der Waals surface area contributed by atoms with Gasteiger partial charge in [-0.15, -0.1) is 0 Å². The maximum absolute atomic E-state index is 13.6. The Labute approximate surface area is 97.3 Å². The molecule has 90 valence electrons. The Bertz CT molecular complexity index is 540. The van der Waals surface area contributed by atoms with Crippen molar-refractivity contribution in [2.75, 3.05) is 20.0 Å². The highest BCUT2D eigenvalue weighted by atomic mass is 19.1. The summed E-state index contributed by atoms with van der Waals surface area (Å²) in [5.41, 5.74) is 6.70. The van der Waals surface area contributed by atoms with Crippen molar-refractivity contribution in [2.24, 2.45) is 0 Å². The Balaban J connectivity index is 2.73. The van der Waals surface area contributed by atoms with Crippen molar-refractivity contribution in [1.82, 2.24) is 10.2 Å². The predicted octanol–water partition coefficient (Wildman–Crippen LogP) is 1.82. The molecule has 2 aromatic rings. The molecule has 0 aliphatic rings. The number of nitrogens with one attached hydrogen (secondary N) is 1. The van der Waals surface area contributed by atoms with Gasteiger partial charge in [-0.3, -0.25) is 5.10 Å². The van der Waals surface area contributed by atoms with Crippen LogP contribution in [-0.4, -0.2) is 24.4 Å². The van der Waals surface area contributed by atoms with E-state index in [9.17, 15) is 4.39 Å². The van der Waals surface area contributed by atoms with Crippen LogP contribution in [0.15, 0.2) is 18.3 Å². The molecule has 0 fully saturated rings. The van der Waals surface area contributed by atoms with Crippen molar-refractivity contribution in [2.45, 2.75) is 0 Å². The van der Waals surface area contributed by atoms with Gasteiger partial charge in [0.25, 0.3) is 0 Å². The van der Waals surface area contributed by atoms with Crippen molar-refractivity contribution < 1.29 is 13.9 Å². The molecule has 6 heteroatoms. The van der Waals surface area contributed by atoms with Gasteiger partial charge in [0.05, 0.1) is 31.5 Å². The number of nitrogens with zero attached hydrogens (tertiary/aromatic N) is 1. The third kappa shape index (κ3) is 1.77. The standard InChI is InChI=1S/C11H12FN3O2/c1-16-8-4-3-7(12)10(17-2)9(8)6-5-14-15-11(6)13/h3-5H,1-2H3,(H3,13,14,15). The molecular weight excluding hydrogens is 225 g/mol. The van der Waals surface area contributed by atoms with E-state index in [-0.39, 0.29) is 5.75 Å². The van der Waals surface area contributed by atoms with Gasteiger partial charge in [0.1, 0.15) is 11.6 Å². The van der Waals surface area contributed by atoms with Gasteiger partial charge in [0.2, 0.25) is 0 Å². The van der Waals surface area contributed by atoms with E-state index in [1.807, 2.05) is 0 Å². The second-order valence-electron chi connectivity index (χ2n) is 3.36. The average Bonchev–Trinajstić information content (AvgIpc) is 2.74. The topological polar surface area (TPSA) is 73.2 Å². The number of nitrogens with two attached hydrogens (primary N) is 1. The summed E-state index contributed by atoms with van der Waals surface area (Å²) in [6, 6.07) is 2.79. The van der Waals surface area contributed by atoms with E-state index in [1.54, 1.807) is 0 Å². The molecule has 0 radical (unpaired) electrons. The first-order valence-electron chi connectivity index (χ1n) is 4.88. The summed E-state index contributed by atoms with van der Waals surface area (Å²) in [5.74, 6) is 0.393. The van der Waals surface area contributed by atoms with Gasteiger partial charge >= 0.3 is 0 Å². The first-order chi connectivity index (χ1) is 8.19. The lowest BCUT2D eigenvalue weighted by Gasteiger charge is -2.12. The number of benzene rings is 1. The number of nitrogen functional groups attached to an aromatic ring is 1. The van der Waals surface area contributed by atoms with E-state index >= 15 is 0 Å². The van der Waals surface area contributed by atoms with Crippen LogP contribution in [0.1, 0.15) is 0 Å². The van der Waals surface area contributed by atoms with Crippen LogP contribution in [0.2, 0.25) is 0 Å². The summed E-state index contributed by atoms with van der Waals surface area (Å²) in [7, 11) is 2.88. The Hall–Kier alpha value is -2.24. The molecule has 0 unspecified atom stereocenters. The zero-order chi connectivity index (χ0) is 12.4. The monoisotopic (exact) mass is 237 g/mol. The minimum absolute atomic E-state index is 0.0810. The molecule has 0 aliphatic carbocycles. The second-order valence-corrected chi connectivity index (χ2v) is 3.36. The van der Waals surface area contributed by atoms with Crippen LogP contribution in [-0.2, 0) is 0 Å². The van der Waals surface area contributed by atoms with Crippen LogP contribution in [0.3, 0.4) is 0 Å². The van der Waals surface area contributed by atoms with Gasteiger partial charge < -0.3 is 15.2 Å². The molecule has 1 heterocycles. The average molecular weight is 237 g/mol. The molecule has 3 N–H and O–H groups in total. The molecule has 0 saturated carbocycles. The van der Waals surface area contributed by atoms with Gasteiger partial charge in [-0.1, -0.05) is 0 Å². The number of hydrogen-bond acceptors (Lipinski definition) is 4. The minimum Gasteiger partial charge on any atom is -0.496 e. The SMILES string of the molecule is COc1ccc(F)c(OC)c1-c1cn[nH]c1N. The number of anilines is 1. The summed E-state index contributed by atoms with van der Waals surface area (Å²) in [6.07, 6.45) is 1.50. The molecule has 0 spiro atoms. The molecule has 0 bridgehead atoms. The van der Waals surface area contributed by atoms with Crippen LogP contribution in [0.25, 0.3) is 11.1 Å². The van der Waals surface area contributed by atoms with Gasteiger partial charge in [0, 0.05) is 0 Å². The number of hydrogen-bond donors (Lipinski definition) is 2. The van der Waals surface area contributed by atoms with Gasteiger partial charge in [0.15, 0.2) is 11.6 Å². The summed E-state index contributed by atoms with van der Waals surface area (Å²) in [6.45, 7) is 0. The summed E-state index contributed by atoms with van der Waals surface area (Å²) >= 11 is 0. The maximum atomic E-state index is 13.6. The highest BCUT2D eigenvalue weighted by Gasteiger charge is 2.19. The van der Waals surface area contributed by atoms with E-state index in [1.165, 1.54) is 32.5 Å². The lowest BCUT2D eigenvalue weighted by molar-refractivity contribution is 0.377. The lowest BCUT2D eigenvalue weighted by atomic mass is 10.1. The zero-order valence-electron chi connectivity index (χ0n) is 9.45. The van der Waals surface area contributed by atoms with Crippen LogP contribution in [0.5, 0.6) is 11.5 Å². The van der Waals surface area contributed by atoms with Gasteiger partial charge in [-0.2, -0.15) is 5.10 Å². The van der Waals surface area contributed by atoms with Crippen molar-refractivity contribution in [1.29, 1.82) is 0 Å². The molecule has 0 aliphatic heterocycles. The minimum atomic E-state index is -0.483. The molecule has 0 atom stereocenters. The molecule has 0 amide bonds. The highest BCUT2D eigenvalue weighted by molar-refractivity contribution is 5.83. The number of aromatic amines is 1. The third-order valence-electron chi connectivity index (χ3n) is 2.43. The van der Waals surface area contributed by atoms with Gasteiger partial charge in [-0.05, 0) is 12.1 Å². The molecule has 5 nitrogen and oxygen atoms in total. The van der Waals surface area contributed by atoms with Crippen LogP contribution >= 0.6 is 0 Å². The fourth-order valence-electron chi connectivity index (χ4n) is 1.66. The van der Waals surface area contributed by atoms with E-state index < -0.39 is 5.82 Å². The number of rotatable bonds is 3. The normalized spacial score (nSPS) is 10.3. The Morgan fingerprint density at radius 2 is 2.06 bits per heavy atom. The van der Waals surface area contributed by atoms with Crippen LogP contribution in [0.4, 0.5) is 10.2 Å².